The molecule has 0 aliphatic heterocycles. The number of rotatable bonds is 5. The van der Waals surface area contributed by atoms with Gasteiger partial charge in [-0.05, 0) is 29.8 Å². The zero-order valence-corrected chi connectivity index (χ0v) is 15.3. The van der Waals surface area contributed by atoms with Crippen LogP contribution in [0.2, 0.25) is 0 Å². The summed E-state index contributed by atoms with van der Waals surface area (Å²) in [6, 6.07) is 13.8. The number of amides is 1. The fourth-order valence-electron chi connectivity index (χ4n) is 2.69. The SMILES string of the molecule is COC(=O)c1cn(NC(=O)/C=C/c2ccc(OC)cc2)c(=O)c2ccccc12. The molecule has 0 fully saturated rings. The summed E-state index contributed by atoms with van der Waals surface area (Å²) < 4.78 is 10.8. The number of hydrogen-bond donors (Lipinski definition) is 1. The van der Waals surface area contributed by atoms with Gasteiger partial charge < -0.3 is 9.47 Å². The molecule has 3 rings (SSSR count). The van der Waals surface area contributed by atoms with Crippen LogP contribution in [0.15, 0.2) is 65.6 Å². The number of carbonyl (C=O) groups is 2. The molecule has 0 aliphatic rings. The van der Waals surface area contributed by atoms with E-state index in [0.29, 0.717) is 16.5 Å². The van der Waals surface area contributed by atoms with Crippen molar-refractivity contribution >= 4 is 28.7 Å². The standard InChI is InChI=1S/C21H18N2O5/c1-27-15-10-7-14(8-11-15)9-12-19(24)22-23-13-18(21(26)28-2)16-5-3-4-6-17(16)20(23)25/h3-13H,1-2H3,(H,22,24)/b12-9+. The van der Waals surface area contributed by atoms with Crippen molar-refractivity contribution < 1.29 is 19.1 Å². The van der Waals surface area contributed by atoms with Crippen molar-refractivity contribution in [2.45, 2.75) is 0 Å². The molecule has 3 aromatic rings. The quantitative estimate of drug-likeness (QED) is 0.545. The summed E-state index contributed by atoms with van der Waals surface area (Å²) in [6.07, 6.45) is 4.15. The maximum atomic E-state index is 12.6. The van der Waals surface area contributed by atoms with E-state index in [2.05, 4.69) is 5.43 Å². The van der Waals surface area contributed by atoms with Gasteiger partial charge in [-0.2, -0.15) is 0 Å². The number of fused-ring (bicyclic) bond motifs is 1. The Kier molecular flexibility index (Phi) is 5.55. The number of hydrogen-bond acceptors (Lipinski definition) is 5. The highest BCUT2D eigenvalue weighted by molar-refractivity contribution is 6.04. The maximum absolute atomic E-state index is 12.6. The van der Waals surface area contributed by atoms with Crippen LogP contribution in [0.25, 0.3) is 16.8 Å². The number of benzene rings is 2. The third-order valence-electron chi connectivity index (χ3n) is 4.10. The number of carbonyl (C=O) groups excluding carboxylic acids is 2. The Morgan fingerprint density at radius 3 is 2.32 bits per heavy atom. The van der Waals surface area contributed by atoms with Crippen LogP contribution in [-0.4, -0.2) is 30.8 Å². The van der Waals surface area contributed by atoms with Gasteiger partial charge in [0, 0.05) is 23.0 Å². The van der Waals surface area contributed by atoms with Crippen LogP contribution in [0.1, 0.15) is 15.9 Å². The van der Waals surface area contributed by atoms with E-state index in [4.69, 9.17) is 9.47 Å². The van der Waals surface area contributed by atoms with Crippen molar-refractivity contribution in [3.63, 3.8) is 0 Å². The smallest absolute Gasteiger partial charge is 0.340 e. The Hall–Kier alpha value is -3.87. The van der Waals surface area contributed by atoms with Crippen LogP contribution in [0.3, 0.4) is 0 Å². The molecule has 142 valence electrons. The van der Waals surface area contributed by atoms with E-state index >= 15 is 0 Å². The van der Waals surface area contributed by atoms with E-state index in [1.54, 1.807) is 61.7 Å². The number of aromatic nitrogens is 1. The molecule has 0 atom stereocenters. The molecular weight excluding hydrogens is 360 g/mol. The van der Waals surface area contributed by atoms with Gasteiger partial charge >= 0.3 is 5.97 Å². The Morgan fingerprint density at radius 1 is 1.00 bits per heavy atom. The molecule has 28 heavy (non-hydrogen) atoms. The van der Waals surface area contributed by atoms with E-state index in [9.17, 15) is 14.4 Å². The monoisotopic (exact) mass is 378 g/mol. The predicted molar refractivity (Wildman–Crippen MR) is 106 cm³/mol. The Morgan fingerprint density at radius 2 is 1.68 bits per heavy atom. The zero-order chi connectivity index (χ0) is 20.1. The molecule has 7 heteroatoms. The van der Waals surface area contributed by atoms with Gasteiger partial charge in [-0.25, -0.2) is 9.47 Å². The Labute approximate surface area is 160 Å². The number of pyridine rings is 1. The molecule has 0 saturated carbocycles. The average Bonchev–Trinajstić information content (AvgIpc) is 2.74. The second-order valence-corrected chi connectivity index (χ2v) is 5.84. The van der Waals surface area contributed by atoms with Crippen LogP contribution in [0.4, 0.5) is 0 Å². The third kappa shape index (κ3) is 3.93. The summed E-state index contributed by atoms with van der Waals surface area (Å²) >= 11 is 0. The summed E-state index contributed by atoms with van der Waals surface area (Å²) in [5.74, 6) is -0.420. The van der Waals surface area contributed by atoms with Crippen LogP contribution in [-0.2, 0) is 9.53 Å². The molecular formula is C21H18N2O5. The zero-order valence-electron chi connectivity index (χ0n) is 15.3. The summed E-state index contributed by atoms with van der Waals surface area (Å²) in [7, 11) is 2.82. The molecule has 0 saturated heterocycles. The van der Waals surface area contributed by atoms with Crippen molar-refractivity contribution in [3.8, 4) is 5.75 Å². The third-order valence-corrected chi connectivity index (χ3v) is 4.10. The van der Waals surface area contributed by atoms with Gasteiger partial charge in [-0.3, -0.25) is 15.0 Å². The fourth-order valence-corrected chi connectivity index (χ4v) is 2.69. The molecule has 7 nitrogen and oxygen atoms in total. The van der Waals surface area contributed by atoms with Crippen molar-refractivity contribution in [2.75, 3.05) is 19.6 Å². The molecule has 1 aromatic heterocycles. The number of methoxy groups -OCH3 is 2. The first kappa shape index (κ1) is 18.9. The van der Waals surface area contributed by atoms with Crippen molar-refractivity contribution in [2.24, 2.45) is 0 Å². The summed E-state index contributed by atoms with van der Waals surface area (Å²) in [4.78, 5) is 36.9. The molecule has 0 spiro atoms. The van der Waals surface area contributed by atoms with E-state index in [1.165, 1.54) is 19.4 Å². The minimum Gasteiger partial charge on any atom is -0.497 e. The van der Waals surface area contributed by atoms with Crippen molar-refractivity contribution in [3.05, 3.63) is 82.3 Å². The lowest BCUT2D eigenvalue weighted by atomic mass is 10.1. The normalized spacial score (nSPS) is 10.8. The highest BCUT2D eigenvalue weighted by atomic mass is 16.5. The maximum Gasteiger partial charge on any atom is 0.340 e. The van der Waals surface area contributed by atoms with Gasteiger partial charge in [0.2, 0.25) is 0 Å². The highest BCUT2D eigenvalue weighted by Gasteiger charge is 2.15. The van der Waals surface area contributed by atoms with Crippen LogP contribution < -0.4 is 15.7 Å². The lowest BCUT2D eigenvalue weighted by Gasteiger charge is -2.11. The van der Waals surface area contributed by atoms with E-state index in [-0.39, 0.29) is 5.56 Å². The summed E-state index contributed by atoms with van der Waals surface area (Å²) in [5.41, 5.74) is 2.98. The number of nitrogens with zero attached hydrogens (tertiary/aromatic N) is 1. The van der Waals surface area contributed by atoms with E-state index in [0.717, 1.165) is 10.2 Å². The van der Waals surface area contributed by atoms with Gasteiger partial charge in [0.15, 0.2) is 0 Å². The Balaban J connectivity index is 1.89. The molecule has 2 aromatic carbocycles. The van der Waals surface area contributed by atoms with Crippen molar-refractivity contribution in [1.29, 1.82) is 0 Å². The van der Waals surface area contributed by atoms with Gasteiger partial charge in [0.05, 0.1) is 19.8 Å². The first-order valence-electron chi connectivity index (χ1n) is 8.39. The lowest BCUT2D eigenvalue weighted by Crippen LogP contribution is -2.33. The summed E-state index contributed by atoms with van der Waals surface area (Å²) in [6.45, 7) is 0. The molecule has 1 heterocycles. The predicted octanol–water partition coefficient (Wildman–Crippen LogP) is 2.58. The van der Waals surface area contributed by atoms with Gasteiger partial charge in [-0.1, -0.05) is 30.3 Å². The van der Waals surface area contributed by atoms with Gasteiger partial charge in [0.1, 0.15) is 5.75 Å². The Bertz CT molecular complexity index is 1110. The molecule has 0 radical (unpaired) electrons. The van der Waals surface area contributed by atoms with Gasteiger partial charge in [0.25, 0.3) is 11.5 Å². The lowest BCUT2D eigenvalue weighted by molar-refractivity contribution is -0.112. The first-order valence-corrected chi connectivity index (χ1v) is 8.39. The van der Waals surface area contributed by atoms with E-state index < -0.39 is 17.4 Å². The summed E-state index contributed by atoms with van der Waals surface area (Å²) in [5, 5.41) is 0.753. The molecule has 0 aliphatic carbocycles. The number of nitrogens with one attached hydrogen (secondary N) is 1. The minimum atomic E-state index is -0.604. The average molecular weight is 378 g/mol. The second-order valence-electron chi connectivity index (χ2n) is 5.84. The topological polar surface area (TPSA) is 86.6 Å². The van der Waals surface area contributed by atoms with Gasteiger partial charge in [-0.15, -0.1) is 0 Å². The van der Waals surface area contributed by atoms with E-state index in [1.807, 2.05) is 0 Å². The molecule has 1 N–H and O–H groups in total. The molecule has 0 unspecified atom stereocenters. The second kappa shape index (κ2) is 8.22. The largest absolute Gasteiger partial charge is 0.497 e. The number of esters is 1. The van der Waals surface area contributed by atoms with Crippen molar-refractivity contribution in [1.82, 2.24) is 4.68 Å². The van der Waals surface area contributed by atoms with Crippen LogP contribution >= 0.6 is 0 Å². The minimum absolute atomic E-state index is 0.178. The molecule has 0 bridgehead atoms. The first-order chi connectivity index (χ1) is 13.5. The van der Waals surface area contributed by atoms with Crippen LogP contribution in [0, 0.1) is 0 Å². The highest BCUT2D eigenvalue weighted by Crippen LogP contribution is 2.16. The van der Waals surface area contributed by atoms with Crippen LogP contribution in [0.5, 0.6) is 5.75 Å². The fraction of sp³-hybridized carbons (Fsp3) is 0.0952. The number of ether oxygens (including phenoxy) is 2. The molecule has 1 amide bonds.